The van der Waals surface area contributed by atoms with Crippen LogP contribution in [0.15, 0.2) is 83.8 Å². The van der Waals surface area contributed by atoms with Crippen LogP contribution in [-0.2, 0) is 26.2 Å². The van der Waals surface area contributed by atoms with Gasteiger partial charge >= 0.3 is 0 Å². The number of anilines is 1. The van der Waals surface area contributed by atoms with Crippen LogP contribution in [0.4, 0.5) is 5.69 Å². The van der Waals surface area contributed by atoms with Crippen LogP contribution in [0.25, 0.3) is 0 Å². The second-order valence-electron chi connectivity index (χ2n) is 8.63. The van der Waals surface area contributed by atoms with E-state index in [1.807, 2.05) is 6.92 Å². The molecule has 0 spiro atoms. The van der Waals surface area contributed by atoms with E-state index in [2.05, 4.69) is 5.32 Å². The average molecular weight is 577 g/mol. The maximum absolute atomic E-state index is 13.9. The molecule has 1 unspecified atom stereocenters. The Morgan fingerprint density at radius 2 is 1.55 bits per heavy atom. The van der Waals surface area contributed by atoms with E-state index < -0.39 is 28.5 Å². The summed E-state index contributed by atoms with van der Waals surface area (Å²) in [6, 6.07) is 20.4. The van der Waals surface area contributed by atoms with E-state index in [-0.39, 0.29) is 17.3 Å². The number of hydrogen-bond donors (Lipinski definition) is 1. The standard InChI is InChI=1S/C28H31Cl2N3O4S/c1-3-17-31-28(35)26(4-2)32(19-21-15-16-22(29)18-25(21)30)27(34)20-33(23-11-7-5-8-12-23)38(36,37)24-13-9-6-10-14-24/h5-16,18,26H,3-4,17,19-20H2,1-2H3,(H,31,35). The molecular weight excluding hydrogens is 545 g/mol. The van der Waals surface area contributed by atoms with Crippen molar-refractivity contribution in [1.82, 2.24) is 10.2 Å². The smallest absolute Gasteiger partial charge is 0.264 e. The van der Waals surface area contributed by atoms with E-state index in [9.17, 15) is 18.0 Å². The number of carbonyl (C=O) groups is 2. The summed E-state index contributed by atoms with van der Waals surface area (Å²) >= 11 is 12.5. The molecule has 3 aromatic carbocycles. The Hall–Kier alpha value is -3.07. The lowest BCUT2D eigenvalue weighted by atomic mass is 10.1. The Bertz CT molecular complexity index is 1340. The van der Waals surface area contributed by atoms with E-state index in [1.54, 1.807) is 73.7 Å². The fourth-order valence-electron chi connectivity index (χ4n) is 3.96. The molecule has 202 valence electrons. The molecule has 0 aliphatic carbocycles. The van der Waals surface area contributed by atoms with Crippen molar-refractivity contribution in [3.8, 4) is 0 Å². The van der Waals surface area contributed by atoms with Crippen LogP contribution < -0.4 is 9.62 Å². The van der Waals surface area contributed by atoms with Gasteiger partial charge in [-0.25, -0.2) is 8.42 Å². The van der Waals surface area contributed by atoms with Crippen LogP contribution in [0.2, 0.25) is 10.0 Å². The van der Waals surface area contributed by atoms with Gasteiger partial charge in [-0.1, -0.05) is 79.5 Å². The highest BCUT2D eigenvalue weighted by molar-refractivity contribution is 7.92. The van der Waals surface area contributed by atoms with Crippen molar-refractivity contribution in [3.05, 3.63) is 94.5 Å². The fraction of sp³-hybridized carbons (Fsp3) is 0.286. The first kappa shape index (κ1) is 29.5. The molecule has 0 fully saturated rings. The van der Waals surface area contributed by atoms with Gasteiger partial charge in [0.2, 0.25) is 11.8 Å². The first-order valence-corrected chi connectivity index (χ1v) is 14.5. The quantitative estimate of drug-likeness (QED) is 0.308. The molecule has 1 N–H and O–H groups in total. The normalized spacial score (nSPS) is 12.0. The summed E-state index contributed by atoms with van der Waals surface area (Å²) < 4.78 is 28.5. The maximum atomic E-state index is 13.9. The van der Waals surface area contributed by atoms with Gasteiger partial charge in [0.05, 0.1) is 10.6 Å². The molecule has 0 aliphatic rings. The second-order valence-corrected chi connectivity index (χ2v) is 11.3. The number of benzene rings is 3. The van der Waals surface area contributed by atoms with Gasteiger partial charge in [0.1, 0.15) is 12.6 Å². The van der Waals surface area contributed by atoms with Crippen LogP contribution in [0, 0.1) is 0 Å². The summed E-state index contributed by atoms with van der Waals surface area (Å²) in [7, 11) is -4.09. The molecule has 10 heteroatoms. The molecule has 0 radical (unpaired) electrons. The summed E-state index contributed by atoms with van der Waals surface area (Å²) in [5, 5.41) is 3.63. The minimum Gasteiger partial charge on any atom is -0.354 e. The Labute approximate surface area is 234 Å². The molecule has 0 heterocycles. The monoisotopic (exact) mass is 575 g/mol. The van der Waals surface area contributed by atoms with Gasteiger partial charge in [0, 0.05) is 23.1 Å². The van der Waals surface area contributed by atoms with Crippen LogP contribution in [0.3, 0.4) is 0 Å². The molecule has 0 saturated carbocycles. The van der Waals surface area contributed by atoms with E-state index in [0.717, 1.165) is 10.7 Å². The van der Waals surface area contributed by atoms with Crippen LogP contribution in [0.5, 0.6) is 0 Å². The molecule has 3 rings (SSSR count). The highest BCUT2D eigenvalue weighted by atomic mass is 35.5. The topological polar surface area (TPSA) is 86.8 Å². The number of nitrogens with zero attached hydrogens (tertiary/aromatic N) is 2. The van der Waals surface area contributed by atoms with Gasteiger partial charge in [-0.3, -0.25) is 13.9 Å². The Balaban J connectivity index is 2.04. The third-order valence-electron chi connectivity index (χ3n) is 5.95. The molecule has 0 aliphatic heterocycles. The minimum absolute atomic E-state index is 0.000894. The molecule has 0 saturated heterocycles. The molecule has 0 bridgehead atoms. The predicted octanol–water partition coefficient (Wildman–Crippen LogP) is 5.52. The van der Waals surface area contributed by atoms with Crippen molar-refractivity contribution in [2.75, 3.05) is 17.4 Å². The van der Waals surface area contributed by atoms with E-state index in [1.165, 1.54) is 17.0 Å². The zero-order valence-corrected chi connectivity index (χ0v) is 23.6. The molecular formula is C28H31Cl2N3O4S. The number of rotatable bonds is 12. The lowest BCUT2D eigenvalue weighted by Crippen LogP contribution is -2.52. The number of hydrogen-bond acceptors (Lipinski definition) is 4. The molecule has 1 atom stereocenters. The zero-order valence-electron chi connectivity index (χ0n) is 21.3. The van der Waals surface area contributed by atoms with E-state index >= 15 is 0 Å². The predicted molar refractivity (Wildman–Crippen MR) is 152 cm³/mol. The molecule has 2 amide bonds. The summed E-state index contributed by atoms with van der Waals surface area (Å²) in [5.74, 6) is -0.858. The number of carbonyl (C=O) groups excluding carboxylic acids is 2. The highest BCUT2D eigenvalue weighted by Gasteiger charge is 2.33. The summed E-state index contributed by atoms with van der Waals surface area (Å²) in [5.41, 5.74) is 0.918. The van der Waals surface area contributed by atoms with Crippen molar-refractivity contribution in [2.24, 2.45) is 0 Å². The summed E-state index contributed by atoms with van der Waals surface area (Å²) in [4.78, 5) is 28.5. The Kier molecular flexibility index (Phi) is 10.6. The van der Waals surface area contributed by atoms with Gasteiger partial charge in [0.25, 0.3) is 10.0 Å². The first-order valence-electron chi connectivity index (χ1n) is 12.3. The van der Waals surface area contributed by atoms with Crippen molar-refractivity contribution in [1.29, 1.82) is 0 Å². The Morgan fingerprint density at radius 3 is 2.13 bits per heavy atom. The largest absolute Gasteiger partial charge is 0.354 e. The third kappa shape index (κ3) is 7.28. The van der Waals surface area contributed by atoms with E-state index in [0.29, 0.717) is 34.3 Å². The van der Waals surface area contributed by atoms with Crippen molar-refractivity contribution in [2.45, 2.75) is 44.2 Å². The third-order valence-corrected chi connectivity index (χ3v) is 8.32. The molecule has 38 heavy (non-hydrogen) atoms. The average Bonchev–Trinajstić information content (AvgIpc) is 2.92. The van der Waals surface area contributed by atoms with E-state index in [4.69, 9.17) is 23.2 Å². The van der Waals surface area contributed by atoms with Crippen LogP contribution >= 0.6 is 23.2 Å². The number of nitrogens with one attached hydrogen (secondary N) is 1. The molecule has 7 nitrogen and oxygen atoms in total. The SMILES string of the molecule is CCCNC(=O)C(CC)N(Cc1ccc(Cl)cc1Cl)C(=O)CN(c1ccccc1)S(=O)(=O)c1ccccc1. The lowest BCUT2D eigenvalue weighted by molar-refractivity contribution is -0.140. The number of amides is 2. The number of para-hydroxylation sites is 1. The van der Waals surface area contributed by atoms with Gasteiger partial charge in [0.15, 0.2) is 0 Å². The minimum atomic E-state index is -4.09. The zero-order chi connectivity index (χ0) is 27.7. The van der Waals surface area contributed by atoms with Gasteiger partial charge in [-0.2, -0.15) is 0 Å². The van der Waals surface area contributed by atoms with Gasteiger partial charge < -0.3 is 10.2 Å². The van der Waals surface area contributed by atoms with Gasteiger partial charge in [-0.05, 0) is 54.8 Å². The highest BCUT2D eigenvalue weighted by Crippen LogP contribution is 2.26. The summed E-state index contributed by atoms with van der Waals surface area (Å²) in [6.45, 7) is 3.68. The Morgan fingerprint density at radius 1 is 0.921 bits per heavy atom. The van der Waals surface area contributed by atoms with Crippen molar-refractivity contribution in [3.63, 3.8) is 0 Å². The van der Waals surface area contributed by atoms with Crippen LogP contribution in [0.1, 0.15) is 32.3 Å². The number of halogens is 2. The maximum Gasteiger partial charge on any atom is 0.264 e. The summed E-state index contributed by atoms with van der Waals surface area (Å²) in [6.07, 6.45) is 1.06. The second kappa shape index (κ2) is 13.6. The van der Waals surface area contributed by atoms with Crippen molar-refractivity contribution < 1.29 is 18.0 Å². The van der Waals surface area contributed by atoms with Gasteiger partial charge in [-0.15, -0.1) is 0 Å². The molecule has 0 aromatic heterocycles. The van der Waals surface area contributed by atoms with Crippen molar-refractivity contribution >= 4 is 50.7 Å². The molecule has 3 aromatic rings. The first-order chi connectivity index (χ1) is 18.2. The fourth-order valence-corrected chi connectivity index (χ4v) is 5.87. The lowest BCUT2D eigenvalue weighted by Gasteiger charge is -2.33. The number of sulfonamides is 1. The van der Waals surface area contributed by atoms with Crippen LogP contribution in [-0.4, -0.2) is 44.3 Å².